The zero-order valence-corrected chi connectivity index (χ0v) is 22.2. The lowest BCUT2D eigenvalue weighted by atomic mass is 9.92. The summed E-state index contributed by atoms with van der Waals surface area (Å²) in [4.78, 5) is 34.9. The van der Waals surface area contributed by atoms with Gasteiger partial charge in [-0.15, -0.1) is 0 Å². The number of ether oxygens (including phenoxy) is 2. The van der Waals surface area contributed by atoms with Crippen molar-refractivity contribution in [2.75, 3.05) is 46.0 Å². The lowest BCUT2D eigenvalue weighted by Crippen LogP contribution is -2.39. The summed E-state index contributed by atoms with van der Waals surface area (Å²) in [5, 5.41) is 15.5. The number of likely N-dealkylation sites (tertiary alicyclic amines) is 2. The first kappa shape index (κ1) is 25.9. The predicted octanol–water partition coefficient (Wildman–Crippen LogP) is 3.15. The molecular weight excluding hydrogens is 502 g/mol. The Labute approximate surface area is 227 Å². The number of urea groups is 1. The van der Waals surface area contributed by atoms with Gasteiger partial charge in [-0.2, -0.15) is 0 Å². The number of hydrogen-bond donors (Lipinski definition) is 2. The third-order valence-electron chi connectivity index (χ3n) is 8.52. The number of fused-ring (bicyclic) bond motifs is 1. The van der Waals surface area contributed by atoms with Gasteiger partial charge in [0, 0.05) is 68.7 Å². The zero-order chi connectivity index (χ0) is 26.8. The minimum atomic E-state index is -0.198. The molecule has 3 aliphatic heterocycles. The van der Waals surface area contributed by atoms with Gasteiger partial charge in [-0.3, -0.25) is 4.79 Å². The standard InChI is InChI=1S/C28H37N5O6/c34-25-13-23(39-31-25)14-29-28(36)33-15-20-3-7-32(8-4-21(20)16-33)27(35)22-11-24(19-1-2-19)30-26(12-22)38-17-18-5-9-37-10-6-18/h11-13,18-21H,1-10,14-17H2,(H,29,36)(H,31,34)/t20-,21+. The van der Waals surface area contributed by atoms with E-state index in [1.54, 1.807) is 0 Å². The van der Waals surface area contributed by atoms with E-state index < -0.39 is 0 Å². The van der Waals surface area contributed by atoms with Crippen LogP contribution in [0.4, 0.5) is 4.79 Å². The first-order valence-corrected chi connectivity index (χ1v) is 14.2. The second-order valence-corrected chi connectivity index (χ2v) is 11.4. The fourth-order valence-corrected chi connectivity index (χ4v) is 5.99. The minimum Gasteiger partial charge on any atom is -0.491 e. The number of rotatable bonds is 7. The van der Waals surface area contributed by atoms with E-state index in [1.807, 2.05) is 21.9 Å². The summed E-state index contributed by atoms with van der Waals surface area (Å²) in [6.07, 6.45) is 5.95. The summed E-state index contributed by atoms with van der Waals surface area (Å²) < 4.78 is 16.5. The molecule has 1 saturated carbocycles. The van der Waals surface area contributed by atoms with Crippen LogP contribution in [0.5, 0.6) is 11.8 Å². The van der Waals surface area contributed by atoms with Gasteiger partial charge in [0.1, 0.15) is 0 Å². The van der Waals surface area contributed by atoms with Crippen molar-refractivity contribution in [3.63, 3.8) is 0 Å². The van der Waals surface area contributed by atoms with Crippen molar-refractivity contribution < 1.29 is 28.7 Å². The van der Waals surface area contributed by atoms with Crippen molar-refractivity contribution in [1.29, 1.82) is 0 Å². The van der Waals surface area contributed by atoms with Crippen LogP contribution in [0.25, 0.3) is 0 Å². The summed E-state index contributed by atoms with van der Waals surface area (Å²) in [7, 11) is 0. The molecular formula is C28H37N5O6. The van der Waals surface area contributed by atoms with Crippen molar-refractivity contribution in [2.24, 2.45) is 17.8 Å². The first-order valence-electron chi connectivity index (χ1n) is 14.2. The molecule has 0 bridgehead atoms. The Hall–Kier alpha value is -3.34. The van der Waals surface area contributed by atoms with E-state index in [0.717, 1.165) is 57.4 Å². The SMILES string of the molecule is O=C(NCc1cc(O)no1)N1C[C@H]2CCN(C(=O)c3cc(OCC4CCOCC4)nc(C4CC4)c3)CC[C@H]2C1. The van der Waals surface area contributed by atoms with E-state index in [4.69, 9.17) is 19.0 Å². The maximum atomic E-state index is 13.6. The van der Waals surface area contributed by atoms with Crippen molar-refractivity contribution in [2.45, 2.75) is 51.0 Å². The Morgan fingerprint density at radius 2 is 1.74 bits per heavy atom. The predicted molar refractivity (Wildman–Crippen MR) is 139 cm³/mol. The van der Waals surface area contributed by atoms with Gasteiger partial charge in [0.25, 0.3) is 11.8 Å². The highest BCUT2D eigenvalue weighted by atomic mass is 16.5. The fraction of sp³-hybridized carbons (Fsp3) is 0.643. The molecule has 2 aromatic heterocycles. The molecule has 0 radical (unpaired) electrons. The van der Waals surface area contributed by atoms with Crippen LogP contribution in [-0.4, -0.2) is 83.0 Å². The maximum absolute atomic E-state index is 13.6. The Morgan fingerprint density at radius 1 is 1.00 bits per heavy atom. The molecule has 2 aromatic rings. The number of aromatic hydroxyl groups is 1. The average Bonchev–Trinajstić information content (AvgIpc) is 3.66. The van der Waals surface area contributed by atoms with E-state index in [9.17, 15) is 14.7 Å². The van der Waals surface area contributed by atoms with E-state index in [2.05, 4.69) is 10.5 Å². The van der Waals surface area contributed by atoms with Crippen molar-refractivity contribution in [3.05, 3.63) is 35.2 Å². The van der Waals surface area contributed by atoms with Crippen molar-refractivity contribution in [1.82, 2.24) is 25.3 Å². The molecule has 4 aliphatic rings. The van der Waals surface area contributed by atoms with Crippen LogP contribution in [0.15, 0.2) is 22.7 Å². The molecule has 2 atom stereocenters. The van der Waals surface area contributed by atoms with E-state index >= 15 is 0 Å². The Kier molecular flexibility index (Phi) is 7.58. The van der Waals surface area contributed by atoms with E-state index in [0.29, 0.717) is 73.7 Å². The highest BCUT2D eigenvalue weighted by Gasteiger charge is 2.38. The lowest BCUT2D eigenvalue weighted by Gasteiger charge is -2.24. The molecule has 0 aromatic carbocycles. The number of nitrogens with one attached hydrogen (secondary N) is 1. The second-order valence-electron chi connectivity index (χ2n) is 11.4. The molecule has 39 heavy (non-hydrogen) atoms. The summed E-state index contributed by atoms with van der Waals surface area (Å²) in [6.45, 7) is 5.03. The topological polar surface area (TPSA) is 130 Å². The average molecular weight is 540 g/mol. The van der Waals surface area contributed by atoms with Gasteiger partial charge in [0.2, 0.25) is 5.88 Å². The molecule has 0 unspecified atom stereocenters. The maximum Gasteiger partial charge on any atom is 0.317 e. The van der Waals surface area contributed by atoms with Gasteiger partial charge >= 0.3 is 6.03 Å². The van der Waals surface area contributed by atoms with Gasteiger partial charge in [0.05, 0.1) is 13.2 Å². The van der Waals surface area contributed by atoms with Gasteiger partial charge in [-0.1, -0.05) is 0 Å². The summed E-state index contributed by atoms with van der Waals surface area (Å²) in [6, 6.07) is 5.02. The van der Waals surface area contributed by atoms with Crippen LogP contribution in [0.1, 0.15) is 66.3 Å². The monoisotopic (exact) mass is 539 g/mol. The van der Waals surface area contributed by atoms with Crippen LogP contribution in [0.2, 0.25) is 0 Å². The van der Waals surface area contributed by atoms with E-state index in [1.165, 1.54) is 6.07 Å². The third kappa shape index (κ3) is 6.29. The molecule has 3 saturated heterocycles. The molecule has 6 rings (SSSR count). The quantitative estimate of drug-likeness (QED) is 0.549. The Bertz CT molecular complexity index is 1160. The van der Waals surface area contributed by atoms with Crippen LogP contribution < -0.4 is 10.1 Å². The van der Waals surface area contributed by atoms with Gasteiger partial charge in [0.15, 0.2) is 5.76 Å². The number of pyridine rings is 1. The number of carbonyl (C=O) groups is 2. The van der Waals surface area contributed by atoms with Gasteiger partial charge in [-0.25, -0.2) is 9.78 Å². The van der Waals surface area contributed by atoms with Crippen LogP contribution in [0, 0.1) is 17.8 Å². The molecule has 3 amide bonds. The van der Waals surface area contributed by atoms with E-state index in [-0.39, 0.29) is 24.4 Å². The van der Waals surface area contributed by atoms with Crippen molar-refractivity contribution in [3.8, 4) is 11.8 Å². The first-order chi connectivity index (χ1) is 19.0. The number of carbonyl (C=O) groups excluding carboxylic acids is 2. The molecule has 210 valence electrons. The zero-order valence-electron chi connectivity index (χ0n) is 22.2. The van der Waals surface area contributed by atoms with Crippen LogP contribution >= 0.6 is 0 Å². The van der Waals surface area contributed by atoms with Gasteiger partial charge < -0.3 is 34.2 Å². The number of nitrogens with zero attached hydrogens (tertiary/aromatic N) is 4. The van der Waals surface area contributed by atoms with Gasteiger partial charge in [-0.05, 0) is 67.5 Å². The number of aromatic nitrogens is 2. The second kappa shape index (κ2) is 11.4. The molecule has 5 heterocycles. The Balaban J connectivity index is 1.04. The smallest absolute Gasteiger partial charge is 0.317 e. The number of hydrogen-bond acceptors (Lipinski definition) is 8. The molecule has 11 heteroatoms. The van der Waals surface area contributed by atoms with Crippen molar-refractivity contribution >= 4 is 11.9 Å². The highest BCUT2D eigenvalue weighted by Crippen LogP contribution is 2.40. The Morgan fingerprint density at radius 3 is 2.41 bits per heavy atom. The molecule has 1 aliphatic carbocycles. The lowest BCUT2D eigenvalue weighted by molar-refractivity contribution is 0.0490. The molecule has 0 spiro atoms. The summed E-state index contributed by atoms with van der Waals surface area (Å²) in [5.41, 5.74) is 1.64. The molecule has 4 fully saturated rings. The normalized spacial score (nSPS) is 23.8. The fourth-order valence-electron chi connectivity index (χ4n) is 5.99. The summed E-state index contributed by atoms with van der Waals surface area (Å²) >= 11 is 0. The number of amides is 3. The third-order valence-corrected chi connectivity index (χ3v) is 8.52. The molecule has 11 nitrogen and oxygen atoms in total. The summed E-state index contributed by atoms with van der Waals surface area (Å²) in [5.74, 6) is 2.42. The highest BCUT2D eigenvalue weighted by molar-refractivity contribution is 5.94. The largest absolute Gasteiger partial charge is 0.491 e. The van der Waals surface area contributed by atoms with Crippen LogP contribution in [-0.2, 0) is 11.3 Å². The molecule has 2 N–H and O–H groups in total. The minimum absolute atomic E-state index is 0.0418. The van der Waals surface area contributed by atoms with Crippen LogP contribution in [0.3, 0.4) is 0 Å².